The maximum absolute atomic E-state index is 3.57. The summed E-state index contributed by atoms with van der Waals surface area (Å²) in [4.78, 5) is 0. The van der Waals surface area contributed by atoms with Crippen LogP contribution < -0.4 is 24.8 Å². The molecule has 3 heteroatoms. The first-order valence-electron chi connectivity index (χ1n) is 7.54. The molecule has 0 fully saturated rings. The number of rotatable bonds is 4. The van der Waals surface area contributed by atoms with Crippen molar-refractivity contribution in [3.63, 3.8) is 0 Å². The van der Waals surface area contributed by atoms with Gasteiger partial charge >= 0.3 is 21.7 Å². The number of hydrogen-bond acceptors (Lipinski definition) is 0. The fraction of sp³-hybridized carbons (Fsp3) is 0.579. The monoisotopic (exact) mass is 372 g/mol. The Bertz CT molecular complexity index is 474. The van der Waals surface area contributed by atoms with Crippen LogP contribution in [0.5, 0.6) is 0 Å². The van der Waals surface area contributed by atoms with Gasteiger partial charge in [-0.25, -0.2) is 22.3 Å². The van der Waals surface area contributed by atoms with Gasteiger partial charge in [-0.1, -0.05) is 54.4 Å². The van der Waals surface area contributed by atoms with Crippen molar-refractivity contribution in [3.05, 3.63) is 45.6 Å². The van der Waals surface area contributed by atoms with Crippen LogP contribution in [-0.4, -0.2) is 0 Å². The van der Waals surface area contributed by atoms with E-state index in [4.69, 9.17) is 0 Å². The van der Waals surface area contributed by atoms with E-state index >= 15 is 0 Å². The van der Waals surface area contributed by atoms with Crippen LogP contribution in [0.3, 0.4) is 0 Å². The van der Waals surface area contributed by atoms with Gasteiger partial charge in [-0.05, 0) is 0 Å². The third-order valence-corrected chi connectivity index (χ3v) is 4.55. The van der Waals surface area contributed by atoms with Crippen molar-refractivity contribution in [2.24, 2.45) is 5.41 Å². The summed E-state index contributed by atoms with van der Waals surface area (Å²) in [5.74, 6) is 0. The van der Waals surface area contributed by atoms with E-state index in [1.54, 1.807) is 11.1 Å². The predicted molar refractivity (Wildman–Crippen MR) is 82.5 cm³/mol. The molecule has 0 aliphatic heterocycles. The first-order chi connectivity index (χ1) is 8.93. The van der Waals surface area contributed by atoms with Crippen molar-refractivity contribution >= 4 is 0 Å². The average Bonchev–Trinajstić information content (AvgIpc) is 2.92. The van der Waals surface area contributed by atoms with Crippen molar-refractivity contribution in [1.82, 2.24) is 0 Å². The maximum atomic E-state index is 3.57. The Labute approximate surface area is 164 Å². The predicted octanol–water partition coefficient (Wildman–Crippen LogP) is -0.262. The van der Waals surface area contributed by atoms with Crippen LogP contribution in [0.4, 0.5) is 0 Å². The van der Waals surface area contributed by atoms with E-state index in [0.717, 1.165) is 25.7 Å². The Hall–Kier alpha value is 0.254. The number of halogens is 2. The summed E-state index contributed by atoms with van der Waals surface area (Å²) < 4.78 is 0. The zero-order valence-corrected chi connectivity index (χ0v) is 17.7. The van der Waals surface area contributed by atoms with Gasteiger partial charge in [0.15, 0.2) is 0 Å². The summed E-state index contributed by atoms with van der Waals surface area (Å²) in [7, 11) is 0. The summed E-state index contributed by atoms with van der Waals surface area (Å²) in [5, 5.41) is 0. The van der Waals surface area contributed by atoms with Crippen molar-refractivity contribution in [2.45, 2.75) is 67.2 Å². The van der Waals surface area contributed by atoms with Gasteiger partial charge in [0, 0.05) is 0 Å². The van der Waals surface area contributed by atoms with Crippen LogP contribution in [0.25, 0.3) is 0 Å². The molecule has 120 valence electrons. The molecule has 0 atom stereocenters. The number of hydrogen-bond donors (Lipinski definition) is 0. The molecule has 0 amide bonds. The molecule has 0 radical (unpaired) electrons. The zero-order chi connectivity index (χ0) is 14.2. The number of allylic oxidation sites excluding steroid dienone is 8. The molecule has 0 unspecified atom stereocenters. The summed E-state index contributed by atoms with van der Waals surface area (Å²) in [6, 6.07) is 0. The molecule has 0 spiro atoms. The molecule has 0 aromatic rings. The molecule has 0 aromatic heterocycles. The van der Waals surface area contributed by atoms with Crippen LogP contribution in [0.1, 0.15) is 67.2 Å². The Morgan fingerprint density at radius 3 is 1.41 bits per heavy atom. The van der Waals surface area contributed by atoms with Gasteiger partial charge in [0.2, 0.25) is 0 Å². The maximum Gasteiger partial charge on any atom is 4.00 e. The van der Waals surface area contributed by atoms with E-state index in [9.17, 15) is 0 Å². The first kappa shape index (κ1) is 24.5. The van der Waals surface area contributed by atoms with Gasteiger partial charge < -0.3 is 24.8 Å². The van der Waals surface area contributed by atoms with Crippen molar-refractivity contribution in [2.75, 3.05) is 0 Å². The minimum Gasteiger partial charge on any atom is -1.00 e. The molecular weight excluding hydrogens is 347 g/mol. The molecule has 2 rings (SSSR count). The van der Waals surface area contributed by atoms with E-state index < -0.39 is 0 Å². The summed E-state index contributed by atoms with van der Waals surface area (Å²) in [5.41, 5.74) is 9.07. The second kappa shape index (κ2) is 9.53. The molecule has 22 heavy (non-hydrogen) atoms. The smallest absolute Gasteiger partial charge is 1.00 e. The quantitative estimate of drug-likeness (QED) is 0.471. The Balaban J connectivity index is 0. The molecule has 0 N–H and O–H groups in total. The fourth-order valence-electron chi connectivity index (χ4n) is 3.90. The third-order valence-electron chi connectivity index (χ3n) is 4.55. The second-order valence-corrected chi connectivity index (χ2v) is 6.31. The van der Waals surface area contributed by atoms with Gasteiger partial charge in [-0.3, -0.25) is 12.2 Å². The molecule has 0 aromatic carbocycles. The summed E-state index contributed by atoms with van der Waals surface area (Å²) in [6.07, 6.45) is 11.4. The van der Waals surface area contributed by atoms with Crippen LogP contribution in [0.15, 0.2) is 33.4 Å². The zero-order valence-electron chi connectivity index (χ0n) is 14.6. The van der Waals surface area contributed by atoms with E-state index in [2.05, 4.69) is 53.7 Å². The van der Waals surface area contributed by atoms with E-state index in [0.29, 0.717) is 0 Å². The second-order valence-electron chi connectivity index (χ2n) is 6.31. The SMILES string of the molecule is CCC1=[C-]CC(C)=C1C(C)(C)C1=C(C)C[C-]=C1CC.[Cl-].[Cl-].[Ti+4]. The van der Waals surface area contributed by atoms with Crippen molar-refractivity contribution in [3.8, 4) is 0 Å². The van der Waals surface area contributed by atoms with E-state index in [1.807, 2.05) is 0 Å². The van der Waals surface area contributed by atoms with Gasteiger partial charge in [0.1, 0.15) is 0 Å². The van der Waals surface area contributed by atoms with E-state index in [1.165, 1.54) is 22.3 Å². The standard InChI is InChI=1S/C19H26.2ClH.Ti/c1-7-15-11-9-13(3)17(15)19(5,6)18-14(4)10-12-16(18)8-2;;;/h7-10H2,1-6H3;2*1H;/q-2;;;+4/p-2. The largest absolute Gasteiger partial charge is 4.00 e. The van der Waals surface area contributed by atoms with Gasteiger partial charge in [-0.15, -0.1) is 18.3 Å². The Morgan fingerprint density at radius 2 is 1.14 bits per heavy atom. The molecule has 2 aliphatic carbocycles. The van der Waals surface area contributed by atoms with Crippen LogP contribution >= 0.6 is 0 Å². The molecular formula is C19H26Cl2Ti. The first-order valence-corrected chi connectivity index (χ1v) is 7.54. The van der Waals surface area contributed by atoms with E-state index in [-0.39, 0.29) is 51.9 Å². The summed E-state index contributed by atoms with van der Waals surface area (Å²) in [6.45, 7) is 13.8. The van der Waals surface area contributed by atoms with Crippen molar-refractivity contribution in [1.29, 1.82) is 0 Å². The normalized spacial score (nSPS) is 17.5. The Morgan fingerprint density at radius 1 is 0.818 bits per heavy atom. The third kappa shape index (κ3) is 4.21. The molecule has 0 saturated heterocycles. The molecule has 0 heterocycles. The van der Waals surface area contributed by atoms with Crippen LogP contribution in [-0.2, 0) is 21.7 Å². The Kier molecular flexibility index (Phi) is 10.6. The molecule has 2 aliphatic rings. The minimum absolute atomic E-state index is 0. The summed E-state index contributed by atoms with van der Waals surface area (Å²) >= 11 is 0. The van der Waals surface area contributed by atoms with Gasteiger partial charge in [0.05, 0.1) is 0 Å². The average molecular weight is 373 g/mol. The molecule has 0 nitrogen and oxygen atoms in total. The van der Waals surface area contributed by atoms with Gasteiger partial charge in [-0.2, -0.15) is 11.1 Å². The topological polar surface area (TPSA) is 0 Å². The van der Waals surface area contributed by atoms with Crippen LogP contribution in [0.2, 0.25) is 0 Å². The van der Waals surface area contributed by atoms with Crippen molar-refractivity contribution < 1.29 is 46.5 Å². The molecule has 0 saturated carbocycles. The van der Waals surface area contributed by atoms with Crippen LogP contribution in [0, 0.1) is 17.6 Å². The van der Waals surface area contributed by atoms with Gasteiger partial charge in [0.25, 0.3) is 0 Å². The minimum atomic E-state index is 0. The fourth-order valence-corrected chi connectivity index (χ4v) is 3.90. The molecule has 0 bridgehead atoms.